The SMILES string of the molecule is COc1ccc(N2C[C@H](CNC(=O)Nc3cccs3)CC2=O)cc1. The number of amides is 3. The van der Waals surface area contributed by atoms with Crippen molar-refractivity contribution in [1.82, 2.24) is 5.32 Å². The second kappa shape index (κ2) is 7.35. The van der Waals surface area contributed by atoms with Gasteiger partial charge in [0, 0.05) is 31.1 Å². The Morgan fingerprint density at radius 1 is 1.33 bits per heavy atom. The van der Waals surface area contributed by atoms with Crippen molar-refractivity contribution >= 4 is 34.0 Å². The zero-order valence-electron chi connectivity index (χ0n) is 13.3. The minimum absolute atomic E-state index is 0.0747. The number of methoxy groups -OCH3 is 1. The molecule has 1 fully saturated rings. The second-order valence-electron chi connectivity index (χ2n) is 5.58. The first-order valence-corrected chi connectivity index (χ1v) is 8.56. The van der Waals surface area contributed by atoms with E-state index in [1.165, 1.54) is 11.3 Å². The molecule has 1 aliphatic heterocycles. The van der Waals surface area contributed by atoms with Crippen LogP contribution in [0, 0.1) is 5.92 Å². The van der Waals surface area contributed by atoms with E-state index in [1.807, 2.05) is 41.8 Å². The summed E-state index contributed by atoms with van der Waals surface area (Å²) >= 11 is 1.47. The lowest BCUT2D eigenvalue weighted by Gasteiger charge is -2.17. The molecule has 0 saturated carbocycles. The van der Waals surface area contributed by atoms with E-state index in [0.29, 0.717) is 19.5 Å². The molecule has 0 spiro atoms. The van der Waals surface area contributed by atoms with Crippen molar-refractivity contribution < 1.29 is 14.3 Å². The first-order valence-electron chi connectivity index (χ1n) is 7.68. The molecule has 1 aromatic heterocycles. The molecule has 0 bridgehead atoms. The summed E-state index contributed by atoms with van der Waals surface area (Å²) in [6, 6.07) is 10.9. The third kappa shape index (κ3) is 3.86. The van der Waals surface area contributed by atoms with Crippen molar-refractivity contribution in [2.45, 2.75) is 6.42 Å². The van der Waals surface area contributed by atoms with Crippen LogP contribution in [0.2, 0.25) is 0 Å². The van der Waals surface area contributed by atoms with Gasteiger partial charge in [-0.3, -0.25) is 10.1 Å². The van der Waals surface area contributed by atoms with Gasteiger partial charge in [0.15, 0.2) is 0 Å². The van der Waals surface area contributed by atoms with Gasteiger partial charge in [-0.15, -0.1) is 11.3 Å². The standard InChI is InChI=1S/C17H19N3O3S/c1-23-14-6-4-13(5-7-14)20-11-12(9-16(20)21)10-18-17(22)19-15-3-2-8-24-15/h2-8,12H,9-11H2,1H3,(H2,18,19,22)/t12-/m0/s1. The molecule has 1 aliphatic rings. The molecule has 3 amide bonds. The smallest absolute Gasteiger partial charge is 0.319 e. The van der Waals surface area contributed by atoms with E-state index in [1.54, 1.807) is 12.0 Å². The Morgan fingerprint density at radius 2 is 2.12 bits per heavy atom. The summed E-state index contributed by atoms with van der Waals surface area (Å²) < 4.78 is 5.13. The van der Waals surface area contributed by atoms with Crippen LogP contribution >= 0.6 is 11.3 Å². The van der Waals surface area contributed by atoms with Gasteiger partial charge in [0.25, 0.3) is 0 Å². The summed E-state index contributed by atoms with van der Waals surface area (Å²) in [5.41, 5.74) is 0.853. The molecule has 2 N–H and O–H groups in total. The Kier molecular flexibility index (Phi) is 5.00. The van der Waals surface area contributed by atoms with Gasteiger partial charge < -0.3 is 15.0 Å². The largest absolute Gasteiger partial charge is 0.497 e. The zero-order chi connectivity index (χ0) is 16.9. The zero-order valence-corrected chi connectivity index (χ0v) is 14.1. The van der Waals surface area contributed by atoms with E-state index < -0.39 is 0 Å². The van der Waals surface area contributed by atoms with Crippen LogP contribution in [-0.4, -0.2) is 32.1 Å². The summed E-state index contributed by atoms with van der Waals surface area (Å²) in [7, 11) is 1.61. The van der Waals surface area contributed by atoms with Gasteiger partial charge in [0.05, 0.1) is 12.1 Å². The van der Waals surface area contributed by atoms with E-state index in [0.717, 1.165) is 16.4 Å². The Bertz CT molecular complexity index is 700. The number of nitrogens with zero attached hydrogens (tertiary/aromatic N) is 1. The van der Waals surface area contributed by atoms with Gasteiger partial charge in [-0.25, -0.2) is 4.79 Å². The van der Waals surface area contributed by atoms with Gasteiger partial charge in [-0.05, 0) is 41.8 Å². The monoisotopic (exact) mass is 345 g/mol. The lowest BCUT2D eigenvalue weighted by molar-refractivity contribution is -0.117. The minimum Gasteiger partial charge on any atom is -0.497 e. The van der Waals surface area contributed by atoms with Gasteiger partial charge in [0.1, 0.15) is 5.75 Å². The summed E-state index contributed by atoms with van der Waals surface area (Å²) in [5, 5.41) is 8.30. The highest BCUT2D eigenvalue weighted by Crippen LogP contribution is 2.26. The molecule has 6 nitrogen and oxygen atoms in total. The highest BCUT2D eigenvalue weighted by atomic mass is 32.1. The van der Waals surface area contributed by atoms with E-state index in [9.17, 15) is 9.59 Å². The molecular formula is C17H19N3O3S. The number of hydrogen-bond acceptors (Lipinski definition) is 4. The van der Waals surface area contributed by atoms with Crippen LogP contribution in [0.5, 0.6) is 5.75 Å². The fourth-order valence-electron chi connectivity index (χ4n) is 2.67. The Morgan fingerprint density at radius 3 is 2.79 bits per heavy atom. The predicted octanol–water partition coefficient (Wildman–Crippen LogP) is 2.93. The van der Waals surface area contributed by atoms with Crippen LogP contribution < -0.4 is 20.3 Å². The molecule has 1 saturated heterocycles. The van der Waals surface area contributed by atoms with Gasteiger partial charge in [0.2, 0.25) is 5.91 Å². The molecule has 2 aromatic rings. The summed E-state index contributed by atoms with van der Waals surface area (Å²) in [6.45, 7) is 1.07. The topological polar surface area (TPSA) is 70.7 Å². The van der Waals surface area contributed by atoms with E-state index in [4.69, 9.17) is 4.74 Å². The van der Waals surface area contributed by atoms with E-state index in [2.05, 4.69) is 10.6 Å². The van der Waals surface area contributed by atoms with E-state index in [-0.39, 0.29) is 17.9 Å². The van der Waals surface area contributed by atoms with Crippen LogP contribution in [0.4, 0.5) is 15.5 Å². The third-order valence-corrected chi connectivity index (χ3v) is 4.68. The quantitative estimate of drug-likeness (QED) is 0.875. The maximum Gasteiger partial charge on any atom is 0.319 e. The lowest BCUT2D eigenvalue weighted by atomic mass is 10.1. The van der Waals surface area contributed by atoms with Crippen LogP contribution in [0.3, 0.4) is 0 Å². The average Bonchev–Trinajstić information content (AvgIpc) is 3.22. The number of carbonyl (C=O) groups excluding carboxylic acids is 2. The Balaban J connectivity index is 1.51. The number of urea groups is 1. The van der Waals surface area contributed by atoms with Crippen LogP contribution in [0.15, 0.2) is 41.8 Å². The summed E-state index contributed by atoms with van der Waals surface area (Å²) in [4.78, 5) is 25.8. The van der Waals surface area contributed by atoms with Crippen LogP contribution in [-0.2, 0) is 4.79 Å². The molecule has 7 heteroatoms. The van der Waals surface area contributed by atoms with Crippen molar-refractivity contribution in [2.24, 2.45) is 5.92 Å². The summed E-state index contributed by atoms with van der Waals surface area (Å²) in [5.74, 6) is 0.938. The van der Waals surface area contributed by atoms with Crippen LogP contribution in [0.1, 0.15) is 6.42 Å². The minimum atomic E-state index is -0.243. The highest BCUT2D eigenvalue weighted by Gasteiger charge is 2.30. The highest BCUT2D eigenvalue weighted by molar-refractivity contribution is 7.14. The number of rotatable bonds is 5. The van der Waals surface area contributed by atoms with Crippen molar-refractivity contribution in [3.05, 3.63) is 41.8 Å². The molecule has 126 valence electrons. The molecule has 24 heavy (non-hydrogen) atoms. The van der Waals surface area contributed by atoms with Crippen LogP contribution in [0.25, 0.3) is 0 Å². The predicted molar refractivity (Wildman–Crippen MR) is 94.8 cm³/mol. The number of benzene rings is 1. The van der Waals surface area contributed by atoms with Crippen molar-refractivity contribution in [1.29, 1.82) is 0 Å². The molecule has 2 heterocycles. The number of anilines is 2. The Hall–Kier alpha value is -2.54. The normalized spacial score (nSPS) is 17.0. The Labute approximate surface area is 144 Å². The molecule has 1 atom stereocenters. The van der Waals surface area contributed by atoms with Gasteiger partial charge >= 0.3 is 6.03 Å². The molecule has 0 aliphatic carbocycles. The maximum atomic E-state index is 12.2. The molecule has 3 rings (SSSR count). The fourth-order valence-corrected chi connectivity index (χ4v) is 3.29. The van der Waals surface area contributed by atoms with E-state index >= 15 is 0 Å². The maximum absolute atomic E-state index is 12.2. The second-order valence-corrected chi connectivity index (χ2v) is 6.53. The molecule has 0 radical (unpaired) electrons. The number of hydrogen-bond donors (Lipinski definition) is 2. The van der Waals surface area contributed by atoms with Gasteiger partial charge in [-0.2, -0.15) is 0 Å². The molecule has 1 aromatic carbocycles. The number of thiophene rings is 1. The number of nitrogens with one attached hydrogen (secondary N) is 2. The fraction of sp³-hybridized carbons (Fsp3) is 0.294. The van der Waals surface area contributed by atoms with Gasteiger partial charge in [-0.1, -0.05) is 0 Å². The average molecular weight is 345 g/mol. The lowest BCUT2D eigenvalue weighted by Crippen LogP contribution is -2.34. The number of ether oxygens (including phenoxy) is 1. The third-order valence-electron chi connectivity index (χ3n) is 3.90. The first kappa shape index (κ1) is 16.3. The summed E-state index contributed by atoms with van der Waals surface area (Å²) in [6.07, 6.45) is 0.436. The molecular weight excluding hydrogens is 326 g/mol. The van der Waals surface area contributed by atoms with Crippen molar-refractivity contribution in [3.63, 3.8) is 0 Å². The molecule has 0 unspecified atom stereocenters. The number of carbonyl (C=O) groups is 2. The van der Waals surface area contributed by atoms with Crippen molar-refractivity contribution in [2.75, 3.05) is 30.4 Å². The first-order chi connectivity index (χ1) is 11.7. The van der Waals surface area contributed by atoms with Crippen molar-refractivity contribution in [3.8, 4) is 5.75 Å².